The minimum absolute atomic E-state index is 0.215. The summed E-state index contributed by atoms with van der Waals surface area (Å²) in [4.78, 5) is 21.7. The highest BCUT2D eigenvalue weighted by atomic mass is 16.6. The Morgan fingerprint density at radius 1 is 1.16 bits per heavy atom. The van der Waals surface area contributed by atoms with E-state index < -0.39 is 5.60 Å². The number of hydrogen-bond donors (Lipinski definition) is 0. The van der Waals surface area contributed by atoms with Gasteiger partial charge in [0.25, 0.3) is 0 Å². The summed E-state index contributed by atoms with van der Waals surface area (Å²) >= 11 is 0. The summed E-state index contributed by atoms with van der Waals surface area (Å²) in [5, 5.41) is 9.24. The van der Waals surface area contributed by atoms with Gasteiger partial charge in [0, 0.05) is 44.5 Å². The van der Waals surface area contributed by atoms with Gasteiger partial charge in [-0.2, -0.15) is 5.26 Å². The van der Waals surface area contributed by atoms with Crippen molar-refractivity contribution in [2.45, 2.75) is 45.8 Å². The quantitative estimate of drug-likeness (QED) is 0.486. The number of hydrogen-bond acceptors (Lipinski definition) is 6. The van der Waals surface area contributed by atoms with Gasteiger partial charge >= 0.3 is 6.09 Å². The molecule has 3 aromatic rings. The number of anilines is 1. The van der Waals surface area contributed by atoms with Gasteiger partial charge in [-0.3, -0.25) is 0 Å². The van der Waals surface area contributed by atoms with Gasteiger partial charge < -0.3 is 23.8 Å². The zero-order chi connectivity index (χ0) is 26.0. The van der Waals surface area contributed by atoms with Crippen molar-refractivity contribution < 1.29 is 14.3 Å². The number of carbonyl (C=O) groups excluding carboxylic acids is 1. The molecular formula is C29H35N5O3. The van der Waals surface area contributed by atoms with E-state index in [1.165, 1.54) is 0 Å². The van der Waals surface area contributed by atoms with E-state index in [0.717, 1.165) is 73.5 Å². The molecule has 1 aromatic carbocycles. The second-order valence-corrected chi connectivity index (χ2v) is 10.9. The molecule has 2 aliphatic heterocycles. The van der Waals surface area contributed by atoms with E-state index in [0.29, 0.717) is 24.7 Å². The number of nitrogens with zero attached hydrogens (tertiary/aromatic N) is 5. The van der Waals surface area contributed by atoms with Crippen LogP contribution in [0.3, 0.4) is 0 Å². The molecule has 37 heavy (non-hydrogen) atoms. The third-order valence-electron chi connectivity index (χ3n) is 7.08. The molecule has 0 saturated carbocycles. The lowest BCUT2D eigenvalue weighted by atomic mass is 10.0. The van der Waals surface area contributed by atoms with Gasteiger partial charge in [0.1, 0.15) is 11.4 Å². The molecular weight excluding hydrogens is 466 g/mol. The molecule has 2 aliphatic rings. The summed E-state index contributed by atoms with van der Waals surface area (Å²) in [6, 6.07) is 14.2. The summed E-state index contributed by atoms with van der Waals surface area (Å²) in [6.07, 6.45) is 3.88. The van der Waals surface area contributed by atoms with E-state index in [1.807, 2.05) is 49.9 Å². The first-order valence-electron chi connectivity index (χ1n) is 13.1. The Bertz CT molecular complexity index is 1300. The fourth-order valence-electron chi connectivity index (χ4n) is 5.13. The smallest absolute Gasteiger partial charge is 0.410 e. The third-order valence-corrected chi connectivity index (χ3v) is 7.08. The van der Waals surface area contributed by atoms with Gasteiger partial charge in [0.15, 0.2) is 0 Å². The Morgan fingerprint density at radius 2 is 1.92 bits per heavy atom. The van der Waals surface area contributed by atoms with Crippen LogP contribution in [0.15, 0.2) is 42.6 Å². The molecule has 0 bridgehead atoms. The number of morpholine rings is 1. The highest BCUT2D eigenvalue weighted by molar-refractivity contribution is 5.88. The SMILES string of the molecule is CC(C)(C)OC(=O)N1CCC(CCn2ccc3nc(N4CCOCC4)c(-c4ccc(C#N)cc4)cc32)C1. The number of likely N-dealkylation sites (tertiary alicyclic amines) is 1. The van der Waals surface area contributed by atoms with Crippen LogP contribution in [-0.4, -0.2) is 65.5 Å². The number of nitriles is 1. The molecule has 8 nitrogen and oxygen atoms in total. The van der Waals surface area contributed by atoms with Crippen LogP contribution < -0.4 is 4.90 Å². The fraction of sp³-hybridized carbons (Fsp3) is 0.483. The molecule has 1 amide bonds. The molecule has 0 N–H and O–H groups in total. The van der Waals surface area contributed by atoms with Gasteiger partial charge in [-0.05, 0) is 69.4 Å². The lowest BCUT2D eigenvalue weighted by molar-refractivity contribution is 0.0287. The topological polar surface area (TPSA) is 83.6 Å². The third kappa shape index (κ3) is 5.72. The first kappa shape index (κ1) is 25.1. The lowest BCUT2D eigenvalue weighted by Crippen LogP contribution is -2.37. The van der Waals surface area contributed by atoms with Crippen LogP contribution in [0.4, 0.5) is 10.6 Å². The molecule has 8 heteroatoms. The van der Waals surface area contributed by atoms with Crippen molar-refractivity contribution >= 4 is 22.9 Å². The average molecular weight is 502 g/mol. The first-order valence-corrected chi connectivity index (χ1v) is 13.1. The van der Waals surface area contributed by atoms with Crippen LogP contribution in [-0.2, 0) is 16.0 Å². The van der Waals surface area contributed by atoms with Crippen LogP contribution in [0.2, 0.25) is 0 Å². The lowest BCUT2D eigenvalue weighted by Gasteiger charge is -2.29. The van der Waals surface area contributed by atoms with Crippen molar-refractivity contribution in [1.82, 2.24) is 14.5 Å². The number of fused-ring (bicyclic) bond motifs is 1. The van der Waals surface area contributed by atoms with Crippen LogP contribution in [0.1, 0.15) is 39.2 Å². The Labute approximate surface area is 218 Å². The molecule has 2 saturated heterocycles. The standard InChI is InChI=1S/C29H35N5O3/c1-29(2,3)37-28(35)34-12-9-22(20-34)8-11-32-13-10-25-26(32)18-24(23-6-4-21(19-30)5-7-23)27(31-25)33-14-16-36-17-15-33/h4-7,10,13,18,22H,8-9,11-12,14-17,20H2,1-3H3. The van der Waals surface area contributed by atoms with E-state index in [2.05, 4.69) is 33.9 Å². The van der Waals surface area contributed by atoms with Crippen LogP contribution in [0.5, 0.6) is 0 Å². The van der Waals surface area contributed by atoms with E-state index in [9.17, 15) is 10.1 Å². The molecule has 0 radical (unpaired) electrons. The minimum atomic E-state index is -0.473. The fourth-order valence-corrected chi connectivity index (χ4v) is 5.13. The second-order valence-electron chi connectivity index (χ2n) is 10.9. The number of ether oxygens (including phenoxy) is 2. The molecule has 2 fully saturated rings. The van der Waals surface area contributed by atoms with Crippen molar-refractivity contribution in [2.75, 3.05) is 44.3 Å². The first-order chi connectivity index (χ1) is 17.8. The summed E-state index contributed by atoms with van der Waals surface area (Å²) in [5.41, 5.74) is 4.35. The van der Waals surface area contributed by atoms with Crippen molar-refractivity contribution in [3.63, 3.8) is 0 Å². The average Bonchev–Trinajstić information content (AvgIpc) is 3.53. The van der Waals surface area contributed by atoms with E-state index in [-0.39, 0.29) is 6.09 Å². The van der Waals surface area contributed by atoms with Crippen LogP contribution in [0, 0.1) is 17.2 Å². The number of pyridine rings is 1. The van der Waals surface area contributed by atoms with Crippen LogP contribution >= 0.6 is 0 Å². The Hall–Kier alpha value is -3.57. The number of amides is 1. The zero-order valence-electron chi connectivity index (χ0n) is 21.9. The summed E-state index contributed by atoms with van der Waals surface area (Å²) < 4.78 is 13.4. The molecule has 0 spiro atoms. The summed E-state index contributed by atoms with van der Waals surface area (Å²) in [7, 11) is 0. The van der Waals surface area contributed by atoms with Gasteiger partial charge in [-0.15, -0.1) is 0 Å². The van der Waals surface area contributed by atoms with Crippen molar-refractivity contribution in [2.24, 2.45) is 5.92 Å². The maximum absolute atomic E-state index is 12.4. The maximum Gasteiger partial charge on any atom is 0.410 e. The van der Waals surface area contributed by atoms with Gasteiger partial charge in [-0.25, -0.2) is 9.78 Å². The molecule has 5 rings (SSSR count). The second kappa shape index (κ2) is 10.4. The molecule has 4 heterocycles. The summed E-state index contributed by atoms with van der Waals surface area (Å²) in [5.74, 6) is 1.41. The van der Waals surface area contributed by atoms with E-state index in [1.54, 1.807) is 0 Å². The number of aryl methyl sites for hydroxylation is 1. The summed E-state index contributed by atoms with van der Waals surface area (Å²) in [6.45, 7) is 11.0. The Balaban J connectivity index is 1.36. The van der Waals surface area contributed by atoms with Gasteiger partial charge in [0.2, 0.25) is 0 Å². The van der Waals surface area contributed by atoms with Crippen molar-refractivity contribution in [3.8, 4) is 17.2 Å². The number of rotatable bonds is 5. The molecule has 0 aliphatic carbocycles. The zero-order valence-corrected chi connectivity index (χ0v) is 21.9. The largest absolute Gasteiger partial charge is 0.444 e. The minimum Gasteiger partial charge on any atom is -0.444 e. The Morgan fingerprint density at radius 3 is 2.62 bits per heavy atom. The van der Waals surface area contributed by atoms with Crippen molar-refractivity contribution in [1.29, 1.82) is 5.26 Å². The number of benzene rings is 1. The number of carbonyl (C=O) groups is 1. The van der Waals surface area contributed by atoms with E-state index in [4.69, 9.17) is 14.5 Å². The highest BCUT2D eigenvalue weighted by Gasteiger charge is 2.29. The molecule has 2 aromatic heterocycles. The predicted octanol–water partition coefficient (Wildman–Crippen LogP) is 5.06. The monoisotopic (exact) mass is 501 g/mol. The van der Waals surface area contributed by atoms with E-state index >= 15 is 0 Å². The molecule has 194 valence electrons. The van der Waals surface area contributed by atoms with Gasteiger partial charge in [0.05, 0.1) is 35.9 Å². The Kier molecular flexibility index (Phi) is 7.07. The normalized spacial score (nSPS) is 18.3. The van der Waals surface area contributed by atoms with Crippen molar-refractivity contribution in [3.05, 3.63) is 48.2 Å². The van der Waals surface area contributed by atoms with Crippen LogP contribution in [0.25, 0.3) is 22.2 Å². The molecule has 1 unspecified atom stereocenters. The molecule has 1 atom stereocenters. The van der Waals surface area contributed by atoms with Gasteiger partial charge in [-0.1, -0.05) is 12.1 Å². The maximum atomic E-state index is 12.4. The number of aromatic nitrogens is 2. The highest BCUT2D eigenvalue weighted by Crippen LogP contribution is 2.34. The predicted molar refractivity (Wildman–Crippen MR) is 143 cm³/mol.